The van der Waals surface area contributed by atoms with E-state index in [0.717, 1.165) is 4.90 Å². The van der Waals surface area contributed by atoms with Gasteiger partial charge in [-0.05, 0) is 60.8 Å². The molecule has 4 rings (SSSR count). The molecule has 0 saturated carbocycles. The van der Waals surface area contributed by atoms with Crippen molar-refractivity contribution in [3.8, 4) is 5.88 Å². The van der Waals surface area contributed by atoms with Crippen LogP contribution in [0, 0.1) is 5.82 Å². The van der Waals surface area contributed by atoms with Gasteiger partial charge < -0.3 is 19.1 Å². The van der Waals surface area contributed by atoms with E-state index in [0.29, 0.717) is 23.1 Å². The van der Waals surface area contributed by atoms with Crippen LogP contribution in [0.15, 0.2) is 23.5 Å². The lowest BCUT2D eigenvalue weighted by Crippen LogP contribution is -2.45. The van der Waals surface area contributed by atoms with Gasteiger partial charge in [0.05, 0.1) is 12.6 Å². The van der Waals surface area contributed by atoms with Crippen molar-refractivity contribution in [1.82, 2.24) is 19.9 Å². The van der Waals surface area contributed by atoms with E-state index in [9.17, 15) is 9.59 Å². The molecule has 0 spiro atoms. The number of thioether (sulfide) groups is 1. The highest BCUT2D eigenvalue weighted by Crippen LogP contribution is 2.41. The first kappa shape index (κ1) is 30.5. The van der Waals surface area contributed by atoms with Crippen molar-refractivity contribution in [2.45, 2.75) is 70.9 Å². The summed E-state index contributed by atoms with van der Waals surface area (Å²) in [4.78, 5) is 47.0. The summed E-state index contributed by atoms with van der Waals surface area (Å²) in [6.45, 7) is 12.5. The van der Waals surface area contributed by atoms with Crippen LogP contribution < -0.4 is 14.5 Å². The van der Waals surface area contributed by atoms with E-state index in [1.165, 1.54) is 18.0 Å². The molecule has 4 heterocycles. The SMILES string of the molecule is CSc1nc2c3c(nc(Cl)c(F)c3n1)OCCN2C(C)c1cccnc1N(C(=O)OC(C)(C)C)C(=O)OC(C)(C)C. The summed E-state index contributed by atoms with van der Waals surface area (Å²) in [6.07, 6.45) is 1.34. The Morgan fingerprint density at radius 2 is 1.76 bits per heavy atom. The number of hydrogen-bond acceptors (Lipinski definition) is 11. The molecule has 1 aliphatic heterocycles. The van der Waals surface area contributed by atoms with Crippen LogP contribution in [0.5, 0.6) is 5.88 Å². The third-order valence-electron chi connectivity index (χ3n) is 5.80. The van der Waals surface area contributed by atoms with Crippen molar-refractivity contribution < 1.29 is 28.2 Å². The zero-order valence-electron chi connectivity index (χ0n) is 24.1. The van der Waals surface area contributed by atoms with Gasteiger partial charge in [0.2, 0.25) is 5.88 Å². The number of aromatic nitrogens is 4. The van der Waals surface area contributed by atoms with Crippen LogP contribution in [0.1, 0.15) is 60.1 Å². The lowest BCUT2D eigenvalue weighted by molar-refractivity contribution is 0.0428. The van der Waals surface area contributed by atoms with Crippen molar-refractivity contribution >= 4 is 58.1 Å². The average Bonchev–Trinajstić information content (AvgIpc) is 3.04. The lowest BCUT2D eigenvalue weighted by Gasteiger charge is -2.33. The number of rotatable bonds is 4. The number of nitrogens with zero attached hydrogens (tertiary/aromatic N) is 6. The van der Waals surface area contributed by atoms with E-state index >= 15 is 4.39 Å². The van der Waals surface area contributed by atoms with Crippen LogP contribution in [0.25, 0.3) is 10.9 Å². The molecule has 0 aromatic carbocycles. The lowest BCUT2D eigenvalue weighted by atomic mass is 10.1. The second-order valence-corrected chi connectivity index (χ2v) is 12.3. The molecule has 14 heteroatoms. The fraction of sp³-hybridized carbons (Fsp3) is 0.481. The van der Waals surface area contributed by atoms with Gasteiger partial charge in [0.1, 0.15) is 34.5 Å². The van der Waals surface area contributed by atoms with Gasteiger partial charge >= 0.3 is 12.2 Å². The molecule has 3 aromatic rings. The minimum Gasteiger partial charge on any atom is -0.475 e. The third-order valence-corrected chi connectivity index (χ3v) is 6.59. The largest absolute Gasteiger partial charge is 0.475 e. The highest BCUT2D eigenvalue weighted by atomic mass is 35.5. The van der Waals surface area contributed by atoms with E-state index < -0.39 is 35.2 Å². The first-order chi connectivity index (χ1) is 19.1. The Bertz CT molecular complexity index is 1470. The number of anilines is 2. The highest BCUT2D eigenvalue weighted by molar-refractivity contribution is 7.98. The number of carbonyl (C=O) groups excluding carboxylic acids is 2. The fourth-order valence-corrected chi connectivity index (χ4v) is 4.68. The molecule has 1 aliphatic rings. The Morgan fingerprint density at radius 3 is 2.34 bits per heavy atom. The van der Waals surface area contributed by atoms with E-state index in [-0.39, 0.29) is 34.4 Å². The molecule has 0 radical (unpaired) electrons. The van der Waals surface area contributed by atoms with Crippen molar-refractivity contribution in [3.63, 3.8) is 0 Å². The maximum Gasteiger partial charge on any atom is 0.425 e. The molecule has 0 bridgehead atoms. The summed E-state index contributed by atoms with van der Waals surface area (Å²) >= 11 is 7.29. The van der Waals surface area contributed by atoms with Crippen LogP contribution in [0.3, 0.4) is 0 Å². The van der Waals surface area contributed by atoms with E-state index in [1.807, 2.05) is 11.8 Å². The standard InChI is InChI=1S/C27H32ClFN6O5S/c1-14(34-12-13-38-22-16-18(17(29)19(28)32-22)31-23(41-8)33-21(16)34)15-10-9-11-30-20(15)35(24(36)39-26(2,3)4)25(37)40-27(5,6)7/h9-11,14H,12-13H2,1-8H3. The molecule has 0 N–H and O–H groups in total. The summed E-state index contributed by atoms with van der Waals surface area (Å²) in [5.41, 5.74) is -1.34. The predicted molar refractivity (Wildman–Crippen MR) is 155 cm³/mol. The highest BCUT2D eigenvalue weighted by Gasteiger charge is 2.37. The molecule has 41 heavy (non-hydrogen) atoms. The number of halogens is 2. The Balaban J connectivity index is 1.88. The van der Waals surface area contributed by atoms with Crippen LogP contribution in [0.4, 0.5) is 25.6 Å². The Kier molecular flexibility index (Phi) is 8.51. The van der Waals surface area contributed by atoms with Gasteiger partial charge in [0.15, 0.2) is 21.9 Å². The number of imide groups is 1. The predicted octanol–water partition coefficient (Wildman–Crippen LogP) is 6.57. The molecule has 0 fully saturated rings. The maximum atomic E-state index is 15.1. The minimum atomic E-state index is -0.946. The number of ether oxygens (including phenoxy) is 3. The van der Waals surface area contributed by atoms with Gasteiger partial charge in [-0.3, -0.25) is 0 Å². The van der Waals surface area contributed by atoms with Crippen molar-refractivity contribution in [2.24, 2.45) is 0 Å². The second kappa shape index (κ2) is 11.4. The molecular formula is C27H32ClFN6O5S. The third kappa shape index (κ3) is 6.56. The van der Waals surface area contributed by atoms with E-state index in [2.05, 4.69) is 19.9 Å². The summed E-state index contributed by atoms with van der Waals surface area (Å²) < 4.78 is 32.1. The maximum absolute atomic E-state index is 15.1. The van der Waals surface area contributed by atoms with Gasteiger partial charge in [0, 0.05) is 11.8 Å². The van der Waals surface area contributed by atoms with Crippen LogP contribution in [0.2, 0.25) is 5.15 Å². The van der Waals surface area contributed by atoms with Crippen molar-refractivity contribution in [3.05, 3.63) is 34.9 Å². The average molecular weight is 607 g/mol. The summed E-state index contributed by atoms with van der Waals surface area (Å²) in [6, 6.07) is 2.85. The van der Waals surface area contributed by atoms with Crippen molar-refractivity contribution in [1.29, 1.82) is 0 Å². The number of hydrogen-bond donors (Lipinski definition) is 0. The Labute approximate surface area is 246 Å². The molecule has 0 aliphatic carbocycles. The quantitative estimate of drug-likeness (QED) is 0.182. The van der Waals surface area contributed by atoms with E-state index in [1.54, 1.807) is 59.9 Å². The van der Waals surface area contributed by atoms with Gasteiger partial charge in [-0.25, -0.2) is 28.9 Å². The Morgan fingerprint density at radius 1 is 1.12 bits per heavy atom. The molecule has 220 valence electrons. The van der Waals surface area contributed by atoms with Gasteiger partial charge in [0.25, 0.3) is 0 Å². The smallest absolute Gasteiger partial charge is 0.425 e. The fourth-order valence-electron chi connectivity index (χ4n) is 4.16. The van der Waals surface area contributed by atoms with Gasteiger partial charge in [-0.2, -0.15) is 9.88 Å². The van der Waals surface area contributed by atoms with Gasteiger partial charge in [-0.1, -0.05) is 29.4 Å². The molecular weight excluding hydrogens is 575 g/mol. The van der Waals surface area contributed by atoms with Crippen molar-refractivity contribution in [2.75, 3.05) is 29.2 Å². The topological polar surface area (TPSA) is 120 Å². The molecule has 1 atom stereocenters. The van der Waals surface area contributed by atoms with Crippen LogP contribution in [-0.2, 0) is 9.47 Å². The summed E-state index contributed by atoms with van der Waals surface area (Å²) in [7, 11) is 0. The second-order valence-electron chi connectivity index (χ2n) is 11.2. The number of pyridine rings is 2. The number of amides is 2. The normalized spacial score (nSPS) is 14.2. The monoisotopic (exact) mass is 606 g/mol. The Hall–Kier alpha value is -3.45. The zero-order valence-corrected chi connectivity index (χ0v) is 25.7. The molecule has 1 unspecified atom stereocenters. The first-order valence-electron chi connectivity index (χ1n) is 12.8. The minimum absolute atomic E-state index is 0.0182. The summed E-state index contributed by atoms with van der Waals surface area (Å²) in [5.74, 6) is -0.298. The molecule has 0 saturated heterocycles. The molecule has 2 amide bonds. The van der Waals surface area contributed by atoms with Crippen LogP contribution in [-0.4, -0.2) is 62.7 Å². The van der Waals surface area contributed by atoms with E-state index in [4.69, 9.17) is 25.8 Å². The zero-order chi connectivity index (χ0) is 30.3. The molecule has 11 nitrogen and oxygen atoms in total. The van der Waals surface area contributed by atoms with Gasteiger partial charge in [-0.15, -0.1) is 0 Å². The number of carbonyl (C=O) groups is 2. The molecule has 3 aromatic heterocycles. The van der Waals surface area contributed by atoms with Crippen LogP contribution >= 0.6 is 23.4 Å². The first-order valence-corrected chi connectivity index (χ1v) is 14.4. The summed E-state index contributed by atoms with van der Waals surface area (Å²) in [5, 5.41) is 0.218.